The van der Waals surface area contributed by atoms with Crippen molar-refractivity contribution < 1.29 is 18.7 Å². The molecule has 2 atom stereocenters. The number of carbonyl (C=O) groups is 2. The lowest BCUT2D eigenvalue weighted by molar-refractivity contribution is 0.0745. The van der Waals surface area contributed by atoms with Gasteiger partial charge >= 0.3 is 6.09 Å². The van der Waals surface area contributed by atoms with Gasteiger partial charge in [0.05, 0.1) is 24.6 Å². The van der Waals surface area contributed by atoms with E-state index in [9.17, 15) is 19.2 Å². The number of nitrogens with two attached hydrogens (primary N) is 1. The van der Waals surface area contributed by atoms with Crippen molar-refractivity contribution in [2.75, 3.05) is 25.0 Å². The van der Waals surface area contributed by atoms with Gasteiger partial charge in [-0.2, -0.15) is 10.4 Å². The number of nitrogens with one attached hydrogen (secondary N) is 1. The summed E-state index contributed by atoms with van der Waals surface area (Å²) in [5, 5.41) is 17.0. The molecule has 168 valence electrons. The predicted molar refractivity (Wildman–Crippen MR) is 113 cm³/mol. The topological polar surface area (TPSA) is 126 Å². The van der Waals surface area contributed by atoms with Gasteiger partial charge in [-0.25, -0.2) is 9.18 Å². The highest BCUT2D eigenvalue weighted by atomic mass is 19.1. The van der Waals surface area contributed by atoms with Crippen LogP contribution in [-0.4, -0.2) is 46.4 Å². The Balaban J connectivity index is 1.51. The second-order valence-corrected chi connectivity index (χ2v) is 8.25. The number of halogens is 1. The van der Waals surface area contributed by atoms with E-state index in [0.29, 0.717) is 31.2 Å². The number of hydrogen-bond donors (Lipinski definition) is 2. The van der Waals surface area contributed by atoms with Gasteiger partial charge in [-0.3, -0.25) is 9.48 Å². The van der Waals surface area contributed by atoms with E-state index in [-0.39, 0.29) is 23.7 Å². The molecule has 0 spiro atoms. The quantitative estimate of drug-likeness (QED) is 0.681. The molecule has 10 heteroatoms. The summed E-state index contributed by atoms with van der Waals surface area (Å²) in [6, 6.07) is 7.39. The number of aromatic nitrogens is 2. The molecule has 4 rings (SSSR count). The number of hydrogen-bond acceptors (Lipinski definition) is 6. The maximum Gasteiger partial charge on any atom is 0.409 e. The Kier molecular flexibility index (Phi) is 6.25. The molecule has 3 N–H and O–H groups in total. The highest BCUT2D eigenvalue weighted by Gasteiger charge is 2.35. The Morgan fingerprint density at radius 2 is 2.03 bits per heavy atom. The van der Waals surface area contributed by atoms with Crippen molar-refractivity contribution in [1.82, 2.24) is 14.7 Å². The molecule has 1 aliphatic carbocycles. The van der Waals surface area contributed by atoms with E-state index >= 15 is 0 Å². The number of piperidine rings is 1. The zero-order valence-electron chi connectivity index (χ0n) is 17.5. The second kappa shape index (κ2) is 9.26. The maximum atomic E-state index is 13.2. The molecule has 9 nitrogen and oxygen atoms in total. The minimum atomic E-state index is -0.693. The fourth-order valence-corrected chi connectivity index (χ4v) is 3.83. The SMILES string of the molecule is N#C[C@@H]1CCN(C(=O)OCCC2CC2)CC1n1cc(C(N)=O)c(Nc2ccc(F)cc2)n1. The molecule has 1 saturated heterocycles. The number of ether oxygens (including phenoxy) is 1. The van der Waals surface area contributed by atoms with E-state index < -0.39 is 24.0 Å². The average molecular weight is 440 g/mol. The van der Waals surface area contributed by atoms with Gasteiger partial charge in [-0.15, -0.1) is 0 Å². The van der Waals surface area contributed by atoms with Gasteiger partial charge in [-0.05, 0) is 43.0 Å². The highest BCUT2D eigenvalue weighted by Crippen LogP contribution is 2.33. The molecule has 2 aliphatic rings. The number of primary amides is 1. The zero-order valence-corrected chi connectivity index (χ0v) is 17.5. The molecule has 1 saturated carbocycles. The van der Waals surface area contributed by atoms with Gasteiger partial charge in [0.25, 0.3) is 5.91 Å². The predicted octanol–water partition coefficient (Wildman–Crippen LogP) is 3.19. The summed E-state index contributed by atoms with van der Waals surface area (Å²) in [5.41, 5.74) is 6.18. The lowest BCUT2D eigenvalue weighted by atomic mass is 9.93. The number of likely N-dealkylation sites (tertiary alicyclic amines) is 1. The Labute approximate surface area is 184 Å². The van der Waals surface area contributed by atoms with Crippen molar-refractivity contribution >= 4 is 23.5 Å². The number of amides is 2. The van der Waals surface area contributed by atoms with E-state index in [1.54, 1.807) is 4.90 Å². The maximum absolute atomic E-state index is 13.2. The summed E-state index contributed by atoms with van der Waals surface area (Å²) in [4.78, 5) is 26.1. The summed E-state index contributed by atoms with van der Waals surface area (Å²) < 4.78 is 20.1. The molecular weight excluding hydrogens is 415 g/mol. The lowest BCUT2D eigenvalue weighted by Crippen LogP contribution is -2.44. The highest BCUT2D eigenvalue weighted by molar-refractivity contribution is 5.98. The molecule has 2 heterocycles. The Hall–Kier alpha value is -3.61. The van der Waals surface area contributed by atoms with Gasteiger partial charge in [0, 0.05) is 25.0 Å². The van der Waals surface area contributed by atoms with Crippen molar-refractivity contribution in [2.24, 2.45) is 17.6 Å². The summed E-state index contributed by atoms with van der Waals surface area (Å²) in [6.45, 7) is 1.05. The number of benzene rings is 1. The third-order valence-electron chi connectivity index (χ3n) is 5.90. The van der Waals surface area contributed by atoms with Crippen LogP contribution in [0.5, 0.6) is 0 Å². The first-order valence-electron chi connectivity index (χ1n) is 10.7. The Morgan fingerprint density at radius 3 is 2.69 bits per heavy atom. The van der Waals surface area contributed by atoms with Crippen LogP contribution in [0.25, 0.3) is 0 Å². The van der Waals surface area contributed by atoms with Gasteiger partial charge in [0.15, 0.2) is 5.82 Å². The summed E-state index contributed by atoms with van der Waals surface area (Å²) in [6.07, 6.45) is 4.81. The van der Waals surface area contributed by atoms with Gasteiger partial charge in [-0.1, -0.05) is 12.8 Å². The molecule has 0 radical (unpaired) electrons. The van der Waals surface area contributed by atoms with Crippen LogP contribution in [0.15, 0.2) is 30.5 Å². The molecule has 2 amide bonds. The van der Waals surface area contributed by atoms with Crippen LogP contribution in [0.4, 0.5) is 20.7 Å². The van der Waals surface area contributed by atoms with Gasteiger partial charge in [0.2, 0.25) is 0 Å². The second-order valence-electron chi connectivity index (χ2n) is 8.25. The first-order valence-corrected chi connectivity index (χ1v) is 10.7. The zero-order chi connectivity index (χ0) is 22.7. The van der Waals surface area contributed by atoms with Crippen LogP contribution in [0.1, 0.15) is 42.1 Å². The monoisotopic (exact) mass is 440 g/mol. The van der Waals surface area contributed by atoms with Crippen molar-refractivity contribution in [3.8, 4) is 6.07 Å². The van der Waals surface area contributed by atoms with Crippen LogP contribution in [0, 0.1) is 29.0 Å². The smallest absolute Gasteiger partial charge is 0.409 e. The number of nitrogens with zero attached hydrogens (tertiary/aromatic N) is 4. The normalized spacial score (nSPS) is 20.4. The van der Waals surface area contributed by atoms with Gasteiger partial charge in [0.1, 0.15) is 11.4 Å². The molecule has 0 bridgehead atoms. The summed E-state index contributed by atoms with van der Waals surface area (Å²) in [5.74, 6) is -0.612. The number of carbonyl (C=O) groups excluding carboxylic acids is 2. The van der Waals surface area contributed by atoms with Crippen molar-refractivity contribution in [3.05, 3.63) is 41.8 Å². The molecule has 2 aromatic rings. The van der Waals surface area contributed by atoms with E-state index in [1.165, 1.54) is 48.0 Å². The van der Waals surface area contributed by atoms with Gasteiger partial charge < -0.3 is 20.7 Å². The van der Waals surface area contributed by atoms with E-state index in [1.807, 2.05) is 0 Å². The third kappa shape index (κ3) is 4.99. The molecular formula is C22H25FN6O3. The average Bonchev–Trinajstić information content (AvgIpc) is 3.51. The fraction of sp³-hybridized carbons (Fsp3) is 0.455. The number of rotatable bonds is 7. The number of nitriles is 1. The number of anilines is 2. The molecule has 32 heavy (non-hydrogen) atoms. The molecule has 1 unspecified atom stereocenters. The standard InChI is InChI=1S/C22H25FN6O3/c23-16-3-5-17(6-4-16)26-21-18(20(25)30)12-29(27-21)19-13-28(9-7-15(19)11-24)22(31)32-10-8-14-1-2-14/h3-6,12,14-15,19H,1-2,7-10,13H2,(H2,25,30)(H,26,27)/t15-,19?/m0/s1. The summed E-state index contributed by atoms with van der Waals surface area (Å²) in [7, 11) is 0. The lowest BCUT2D eigenvalue weighted by Gasteiger charge is -2.35. The van der Waals surface area contributed by atoms with Crippen LogP contribution in [0.3, 0.4) is 0 Å². The molecule has 2 fully saturated rings. The minimum Gasteiger partial charge on any atom is -0.449 e. The van der Waals surface area contributed by atoms with E-state index in [2.05, 4.69) is 16.5 Å². The summed E-state index contributed by atoms with van der Waals surface area (Å²) >= 11 is 0. The van der Waals surface area contributed by atoms with Crippen LogP contribution in [-0.2, 0) is 4.74 Å². The molecule has 1 aromatic heterocycles. The molecule has 1 aromatic carbocycles. The fourth-order valence-electron chi connectivity index (χ4n) is 3.83. The Bertz CT molecular complexity index is 1030. The third-order valence-corrected chi connectivity index (χ3v) is 5.90. The molecule has 1 aliphatic heterocycles. The van der Waals surface area contributed by atoms with Crippen LogP contribution in [0.2, 0.25) is 0 Å². The largest absolute Gasteiger partial charge is 0.449 e. The Morgan fingerprint density at radius 1 is 1.28 bits per heavy atom. The van der Waals surface area contributed by atoms with Crippen molar-refractivity contribution in [1.29, 1.82) is 5.26 Å². The minimum absolute atomic E-state index is 0.134. The van der Waals surface area contributed by atoms with E-state index in [4.69, 9.17) is 10.5 Å². The van der Waals surface area contributed by atoms with Crippen LogP contribution >= 0.6 is 0 Å². The first-order chi connectivity index (χ1) is 15.4. The van der Waals surface area contributed by atoms with E-state index in [0.717, 1.165) is 6.42 Å². The first kappa shape index (κ1) is 21.6. The van der Waals surface area contributed by atoms with Crippen molar-refractivity contribution in [3.63, 3.8) is 0 Å². The van der Waals surface area contributed by atoms with Crippen molar-refractivity contribution in [2.45, 2.75) is 31.7 Å². The van der Waals surface area contributed by atoms with Crippen LogP contribution < -0.4 is 11.1 Å².